The first-order valence-electron chi connectivity index (χ1n) is 10.6. The van der Waals surface area contributed by atoms with Crippen LogP contribution in [-0.4, -0.2) is 27.1 Å². The highest BCUT2D eigenvalue weighted by molar-refractivity contribution is 5.99. The van der Waals surface area contributed by atoms with Crippen LogP contribution < -0.4 is 14.2 Å². The summed E-state index contributed by atoms with van der Waals surface area (Å²) >= 11 is 0. The third-order valence-electron chi connectivity index (χ3n) is 6.05. The van der Waals surface area contributed by atoms with Crippen molar-refractivity contribution < 1.29 is 19.0 Å². The second-order valence-electron chi connectivity index (χ2n) is 7.80. The summed E-state index contributed by atoms with van der Waals surface area (Å²) in [6, 6.07) is 14.4. The van der Waals surface area contributed by atoms with E-state index in [0.29, 0.717) is 28.7 Å². The van der Waals surface area contributed by atoms with Gasteiger partial charge in [0.25, 0.3) is 0 Å². The smallest absolute Gasteiger partial charge is 0.203 e. The fourth-order valence-corrected chi connectivity index (χ4v) is 4.46. The van der Waals surface area contributed by atoms with Crippen molar-refractivity contribution in [2.24, 2.45) is 5.92 Å². The van der Waals surface area contributed by atoms with Crippen LogP contribution >= 0.6 is 0 Å². The molecule has 1 aliphatic carbocycles. The molecule has 0 radical (unpaired) electrons. The standard InChI is InChI=1S/C25H32O4/c1-27-22-16-21(17-23(28-2)25(22)29-3)24(26)20-13-8-7-12-19(14-9-15-20)18-10-5-4-6-11-18/h4-6,10-11,16-17,19-20H,7-9,12-15H2,1-3H3. The van der Waals surface area contributed by atoms with Gasteiger partial charge in [-0.25, -0.2) is 0 Å². The van der Waals surface area contributed by atoms with Gasteiger partial charge in [-0.15, -0.1) is 0 Å². The van der Waals surface area contributed by atoms with E-state index in [0.717, 1.165) is 32.1 Å². The number of methoxy groups -OCH3 is 3. The van der Waals surface area contributed by atoms with Crippen molar-refractivity contribution in [1.29, 1.82) is 0 Å². The number of carbonyl (C=O) groups is 1. The second kappa shape index (κ2) is 10.3. The SMILES string of the molecule is COc1cc(C(=O)C2CCCCC(c3ccccc3)CCC2)cc(OC)c1OC. The Morgan fingerprint density at radius 2 is 1.38 bits per heavy atom. The molecule has 4 nitrogen and oxygen atoms in total. The lowest BCUT2D eigenvalue weighted by Crippen LogP contribution is -2.15. The number of ether oxygens (including phenoxy) is 3. The summed E-state index contributed by atoms with van der Waals surface area (Å²) in [5, 5.41) is 0. The molecule has 4 heteroatoms. The number of benzene rings is 2. The lowest BCUT2D eigenvalue weighted by molar-refractivity contribution is 0.0902. The maximum atomic E-state index is 13.3. The molecule has 0 N–H and O–H groups in total. The molecule has 1 saturated carbocycles. The molecule has 0 spiro atoms. The van der Waals surface area contributed by atoms with Crippen molar-refractivity contribution in [3.05, 3.63) is 53.6 Å². The van der Waals surface area contributed by atoms with Crippen LogP contribution in [-0.2, 0) is 0 Å². The molecule has 0 aliphatic heterocycles. The van der Waals surface area contributed by atoms with E-state index < -0.39 is 0 Å². The van der Waals surface area contributed by atoms with Gasteiger partial charge in [0.1, 0.15) is 0 Å². The molecule has 0 saturated heterocycles. The summed E-state index contributed by atoms with van der Waals surface area (Å²) in [7, 11) is 4.73. The monoisotopic (exact) mass is 396 g/mol. The number of rotatable bonds is 6. The fourth-order valence-electron chi connectivity index (χ4n) is 4.46. The van der Waals surface area contributed by atoms with Gasteiger partial charge in [-0.05, 0) is 49.3 Å². The second-order valence-corrected chi connectivity index (χ2v) is 7.80. The fraction of sp³-hybridized carbons (Fsp3) is 0.480. The molecule has 2 unspecified atom stereocenters. The van der Waals surface area contributed by atoms with Gasteiger partial charge >= 0.3 is 0 Å². The van der Waals surface area contributed by atoms with Crippen LogP contribution in [0.3, 0.4) is 0 Å². The minimum absolute atomic E-state index is 0.0485. The van der Waals surface area contributed by atoms with Crippen molar-refractivity contribution in [1.82, 2.24) is 0 Å². The van der Waals surface area contributed by atoms with Crippen LogP contribution in [0.5, 0.6) is 17.2 Å². The molecule has 2 aromatic carbocycles. The minimum atomic E-state index is 0.0485. The molecule has 29 heavy (non-hydrogen) atoms. The van der Waals surface area contributed by atoms with E-state index in [1.807, 2.05) is 0 Å². The first-order chi connectivity index (χ1) is 14.2. The molecule has 0 bridgehead atoms. The normalized spacial score (nSPS) is 20.1. The summed E-state index contributed by atoms with van der Waals surface area (Å²) in [5.41, 5.74) is 2.07. The quantitative estimate of drug-likeness (QED) is 0.559. The molecule has 2 aromatic rings. The van der Waals surface area contributed by atoms with Crippen molar-refractivity contribution in [3.63, 3.8) is 0 Å². The van der Waals surface area contributed by atoms with Crippen molar-refractivity contribution in [2.75, 3.05) is 21.3 Å². The zero-order valence-electron chi connectivity index (χ0n) is 17.8. The molecular formula is C25H32O4. The maximum Gasteiger partial charge on any atom is 0.203 e. The van der Waals surface area contributed by atoms with Crippen LogP contribution in [0.25, 0.3) is 0 Å². The third-order valence-corrected chi connectivity index (χ3v) is 6.05. The summed E-state index contributed by atoms with van der Waals surface area (Å²) in [6.45, 7) is 0. The summed E-state index contributed by atoms with van der Waals surface area (Å²) in [4.78, 5) is 13.3. The number of Topliss-reactive ketones (excluding diaryl/α,β-unsaturated/α-hetero) is 1. The Morgan fingerprint density at radius 3 is 2.00 bits per heavy atom. The Bertz CT molecular complexity index is 775. The summed E-state index contributed by atoms with van der Waals surface area (Å²) < 4.78 is 16.2. The van der Waals surface area contributed by atoms with Crippen LogP contribution in [0.2, 0.25) is 0 Å². The zero-order valence-corrected chi connectivity index (χ0v) is 17.8. The van der Waals surface area contributed by atoms with Crippen molar-refractivity contribution >= 4 is 5.78 Å². The van der Waals surface area contributed by atoms with E-state index in [2.05, 4.69) is 30.3 Å². The molecule has 0 aromatic heterocycles. The molecule has 2 atom stereocenters. The van der Waals surface area contributed by atoms with Crippen molar-refractivity contribution in [2.45, 2.75) is 50.9 Å². The Labute approximate surface area is 174 Å². The number of hydrogen-bond acceptors (Lipinski definition) is 4. The van der Waals surface area contributed by atoms with E-state index in [9.17, 15) is 4.79 Å². The molecule has 3 rings (SSSR count). The first kappa shape index (κ1) is 21.2. The molecule has 0 heterocycles. The summed E-state index contributed by atoms with van der Waals surface area (Å²) in [5.74, 6) is 2.41. The predicted molar refractivity (Wildman–Crippen MR) is 115 cm³/mol. The predicted octanol–water partition coefficient (Wildman–Crippen LogP) is 6.04. The van der Waals surface area contributed by atoms with Gasteiger partial charge in [0, 0.05) is 11.5 Å². The number of hydrogen-bond donors (Lipinski definition) is 0. The van der Waals surface area contributed by atoms with E-state index in [4.69, 9.17) is 14.2 Å². The van der Waals surface area contributed by atoms with Gasteiger partial charge in [0.15, 0.2) is 17.3 Å². The zero-order chi connectivity index (χ0) is 20.6. The highest BCUT2D eigenvalue weighted by Gasteiger charge is 2.25. The average Bonchev–Trinajstić information content (AvgIpc) is 2.90. The van der Waals surface area contributed by atoms with Crippen molar-refractivity contribution in [3.8, 4) is 17.2 Å². The topological polar surface area (TPSA) is 44.8 Å². The average molecular weight is 397 g/mol. The Hall–Kier alpha value is -2.49. The van der Waals surface area contributed by atoms with E-state index in [-0.39, 0.29) is 11.7 Å². The lowest BCUT2D eigenvalue weighted by Gasteiger charge is -2.18. The molecule has 1 aliphatic rings. The maximum absolute atomic E-state index is 13.3. The Morgan fingerprint density at radius 1 is 0.793 bits per heavy atom. The molecule has 0 amide bonds. The number of carbonyl (C=O) groups excluding carboxylic acids is 1. The van der Waals surface area contributed by atoms with E-state index >= 15 is 0 Å². The van der Waals surface area contributed by atoms with Crippen LogP contribution in [0, 0.1) is 5.92 Å². The van der Waals surface area contributed by atoms with Gasteiger partial charge in [-0.3, -0.25) is 4.79 Å². The van der Waals surface area contributed by atoms with Gasteiger partial charge < -0.3 is 14.2 Å². The minimum Gasteiger partial charge on any atom is -0.493 e. The van der Waals surface area contributed by atoms with Gasteiger partial charge in [-0.1, -0.05) is 49.6 Å². The molecular weight excluding hydrogens is 364 g/mol. The van der Waals surface area contributed by atoms with Gasteiger partial charge in [-0.2, -0.15) is 0 Å². The number of ketones is 1. The highest BCUT2D eigenvalue weighted by Crippen LogP contribution is 2.40. The largest absolute Gasteiger partial charge is 0.493 e. The lowest BCUT2D eigenvalue weighted by atomic mass is 9.87. The molecule has 156 valence electrons. The Kier molecular flexibility index (Phi) is 7.56. The van der Waals surface area contributed by atoms with Gasteiger partial charge in [0.05, 0.1) is 21.3 Å². The van der Waals surface area contributed by atoms with E-state index in [1.165, 1.54) is 18.4 Å². The third kappa shape index (κ3) is 5.11. The molecule has 1 fully saturated rings. The van der Waals surface area contributed by atoms with Gasteiger partial charge in [0.2, 0.25) is 5.75 Å². The van der Waals surface area contributed by atoms with Crippen LogP contribution in [0.15, 0.2) is 42.5 Å². The highest BCUT2D eigenvalue weighted by atomic mass is 16.5. The van der Waals surface area contributed by atoms with Crippen LogP contribution in [0.4, 0.5) is 0 Å². The van der Waals surface area contributed by atoms with Crippen LogP contribution in [0.1, 0.15) is 66.8 Å². The Balaban J connectivity index is 1.74. The summed E-state index contributed by atoms with van der Waals surface area (Å²) in [6.07, 6.45) is 7.54. The van der Waals surface area contributed by atoms with E-state index in [1.54, 1.807) is 33.5 Å². The first-order valence-corrected chi connectivity index (χ1v) is 10.6.